The van der Waals surface area contributed by atoms with E-state index in [0.29, 0.717) is 23.8 Å². The molecule has 1 fully saturated rings. The van der Waals surface area contributed by atoms with Gasteiger partial charge in [-0.3, -0.25) is 9.89 Å². The molecule has 1 saturated heterocycles. The van der Waals surface area contributed by atoms with Gasteiger partial charge >= 0.3 is 0 Å². The van der Waals surface area contributed by atoms with E-state index >= 15 is 0 Å². The van der Waals surface area contributed by atoms with E-state index in [2.05, 4.69) is 62.8 Å². The Bertz CT molecular complexity index is 723. The lowest BCUT2D eigenvalue weighted by atomic mass is 10.2. The van der Waals surface area contributed by atoms with Gasteiger partial charge in [0, 0.05) is 45.0 Å². The number of benzene rings is 1. The first-order valence-corrected chi connectivity index (χ1v) is 9.37. The molecule has 0 saturated carbocycles. The molecule has 7 heteroatoms. The van der Waals surface area contributed by atoms with E-state index in [0.717, 1.165) is 31.0 Å². The van der Waals surface area contributed by atoms with E-state index in [-0.39, 0.29) is 24.0 Å². The first kappa shape index (κ1) is 21.9. The highest BCUT2D eigenvalue weighted by Crippen LogP contribution is 2.20. The van der Waals surface area contributed by atoms with Gasteiger partial charge in [0.1, 0.15) is 5.15 Å². The normalized spacial score (nSPS) is 20.2. The molecule has 2 unspecified atom stereocenters. The molecular formula is C20H27ClIN5. The minimum atomic E-state index is 0. The second kappa shape index (κ2) is 10.8. The number of halogens is 2. The lowest BCUT2D eigenvalue weighted by molar-refractivity contribution is 0.258. The number of likely N-dealkylation sites (tertiary alicyclic amines) is 1. The van der Waals surface area contributed by atoms with Crippen LogP contribution in [0.2, 0.25) is 5.15 Å². The third-order valence-corrected chi connectivity index (χ3v) is 4.97. The number of nitrogens with zero attached hydrogens (tertiary/aromatic N) is 3. The summed E-state index contributed by atoms with van der Waals surface area (Å²) in [6.07, 6.45) is 2.89. The number of aromatic nitrogens is 1. The highest BCUT2D eigenvalue weighted by molar-refractivity contribution is 14.0. The molecule has 5 nitrogen and oxygen atoms in total. The maximum atomic E-state index is 5.83. The summed E-state index contributed by atoms with van der Waals surface area (Å²) in [5.74, 6) is 0.818. The molecule has 3 rings (SSSR count). The predicted molar refractivity (Wildman–Crippen MR) is 123 cm³/mol. The van der Waals surface area contributed by atoms with Gasteiger partial charge in [-0.2, -0.15) is 0 Å². The molecule has 2 aromatic rings. The highest BCUT2D eigenvalue weighted by Gasteiger charge is 2.29. The first-order chi connectivity index (χ1) is 12.6. The quantitative estimate of drug-likeness (QED) is 0.285. The van der Waals surface area contributed by atoms with Crippen LogP contribution >= 0.6 is 35.6 Å². The number of guanidine groups is 1. The minimum absolute atomic E-state index is 0. The van der Waals surface area contributed by atoms with Crippen molar-refractivity contribution < 1.29 is 0 Å². The van der Waals surface area contributed by atoms with Gasteiger partial charge in [-0.05, 0) is 30.5 Å². The van der Waals surface area contributed by atoms with Crippen molar-refractivity contribution in [2.24, 2.45) is 4.99 Å². The Morgan fingerprint density at radius 2 is 2.00 bits per heavy atom. The van der Waals surface area contributed by atoms with Crippen LogP contribution in [0.15, 0.2) is 53.7 Å². The van der Waals surface area contributed by atoms with E-state index in [4.69, 9.17) is 11.6 Å². The van der Waals surface area contributed by atoms with Crippen molar-refractivity contribution in [3.05, 3.63) is 64.9 Å². The number of hydrogen-bond acceptors (Lipinski definition) is 3. The molecule has 27 heavy (non-hydrogen) atoms. The number of pyridine rings is 1. The van der Waals surface area contributed by atoms with E-state index in [9.17, 15) is 0 Å². The van der Waals surface area contributed by atoms with Crippen molar-refractivity contribution in [3.63, 3.8) is 0 Å². The van der Waals surface area contributed by atoms with E-state index in [1.54, 1.807) is 19.3 Å². The van der Waals surface area contributed by atoms with Crippen LogP contribution < -0.4 is 10.6 Å². The van der Waals surface area contributed by atoms with Crippen LogP contribution in [0.25, 0.3) is 0 Å². The van der Waals surface area contributed by atoms with Crippen molar-refractivity contribution in [2.45, 2.75) is 38.5 Å². The Hall–Kier alpha value is -1.38. The molecule has 0 radical (unpaired) electrons. The fourth-order valence-electron chi connectivity index (χ4n) is 3.33. The van der Waals surface area contributed by atoms with Crippen molar-refractivity contribution in [2.75, 3.05) is 13.6 Å². The van der Waals surface area contributed by atoms with Gasteiger partial charge in [-0.25, -0.2) is 4.98 Å². The smallest absolute Gasteiger partial charge is 0.191 e. The molecule has 0 bridgehead atoms. The summed E-state index contributed by atoms with van der Waals surface area (Å²) in [5.41, 5.74) is 2.43. The molecule has 2 N–H and O–H groups in total. The first-order valence-electron chi connectivity index (χ1n) is 8.99. The molecule has 1 aliphatic rings. The molecule has 1 aromatic heterocycles. The third-order valence-electron chi connectivity index (χ3n) is 4.75. The lowest BCUT2D eigenvalue weighted by Crippen LogP contribution is -2.44. The largest absolute Gasteiger partial charge is 0.352 e. The summed E-state index contributed by atoms with van der Waals surface area (Å²) >= 11 is 5.83. The average molecular weight is 500 g/mol. The summed E-state index contributed by atoms with van der Waals surface area (Å²) in [5, 5.41) is 7.40. The van der Waals surface area contributed by atoms with E-state index < -0.39 is 0 Å². The zero-order chi connectivity index (χ0) is 18.4. The van der Waals surface area contributed by atoms with Crippen molar-refractivity contribution in [1.82, 2.24) is 20.5 Å². The number of nitrogens with one attached hydrogen (secondary N) is 2. The maximum absolute atomic E-state index is 5.83. The van der Waals surface area contributed by atoms with Crippen molar-refractivity contribution in [3.8, 4) is 0 Å². The monoisotopic (exact) mass is 499 g/mol. The van der Waals surface area contributed by atoms with Crippen LogP contribution in [0, 0.1) is 0 Å². The molecule has 1 aromatic carbocycles. The van der Waals surface area contributed by atoms with Crippen molar-refractivity contribution >= 4 is 41.5 Å². The Morgan fingerprint density at radius 3 is 2.67 bits per heavy atom. The average Bonchev–Trinajstić information content (AvgIpc) is 3.00. The van der Waals surface area contributed by atoms with Crippen LogP contribution in [0.3, 0.4) is 0 Å². The van der Waals surface area contributed by atoms with Crippen LogP contribution in [0.4, 0.5) is 0 Å². The molecular weight excluding hydrogens is 473 g/mol. The second-order valence-electron chi connectivity index (χ2n) is 6.76. The number of aliphatic imine (C=N–C) groups is 1. The number of rotatable bonds is 5. The Balaban J connectivity index is 0.00000261. The van der Waals surface area contributed by atoms with E-state index in [1.165, 1.54) is 5.56 Å². The number of hydrogen-bond donors (Lipinski definition) is 2. The third kappa shape index (κ3) is 6.62. The maximum Gasteiger partial charge on any atom is 0.191 e. The fraction of sp³-hybridized carbons (Fsp3) is 0.400. The van der Waals surface area contributed by atoms with Gasteiger partial charge in [-0.1, -0.05) is 48.0 Å². The van der Waals surface area contributed by atoms with Gasteiger partial charge in [0.25, 0.3) is 0 Å². The van der Waals surface area contributed by atoms with Crippen LogP contribution in [-0.4, -0.2) is 41.5 Å². The fourth-order valence-corrected chi connectivity index (χ4v) is 3.44. The van der Waals surface area contributed by atoms with Gasteiger partial charge in [0.05, 0.1) is 0 Å². The zero-order valence-corrected chi connectivity index (χ0v) is 18.8. The summed E-state index contributed by atoms with van der Waals surface area (Å²) in [4.78, 5) is 11.0. The van der Waals surface area contributed by atoms with Gasteiger partial charge in [0.2, 0.25) is 0 Å². The summed E-state index contributed by atoms with van der Waals surface area (Å²) in [6.45, 7) is 4.96. The lowest BCUT2D eigenvalue weighted by Gasteiger charge is -2.21. The minimum Gasteiger partial charge on any atom is -0.352 e. The molecule has 2 atom stereocenters. The van der Waals surface area contributed by atoms with Crippen LogP contribution in [-0.2, 0) is 13.1 Å². The predicted octanol–water partition coefficient (Wildman–Crippen LogP) is 3.68. The molecule has 0 amide bonds. The topological polar surface area (TPSA) is 52.6 Å². The Kier molecular flexibility index (Phi) is 8.79. The summed E-state index contributed by atoms with van der Waals surface area (Å²) in [6, 6.07) is 15.3. The molecule has 0 spiro atoms. The SMILES string of the molecule is CN=C(NCc1ccc(Cl)nc1)NC1CC(C)N(Cc2ccccc2)C1.I. The van der Waals surface area contributed by atoms with E-state index in [1.807, 2.05) is 6.07 Å². The van der Waals surface area contributed by atoms with Crippen LogP contribution in [0.5, 0.6) is 0 Å². The van der Waals surface area contributed by atoms with Gasteiger partial charge in [0.15, 0.2) is 5.96 Å². The molecule has 2 heterocycles. The highest BCUT2D eigenvalue weighted by atomic mass is 127. The molecule has 0 aliphatic carbocycles. The zero-order valence-electron chi connectivity index (χ0n) is 15.7. The second-order valence-corrected chi connectivity index (χ2v) is 7.14. The Labute approximate surface area is 183 Å². The Morgan fingerprint density at radius 1 is 1.22 bits per heavy atom. The molecule has 146 valence electrons. The van der Waals surface area contributed by atoms with Gasteiger partial charge < -0.3 is 10.6 Å². The van der Waals surface area contributed by atoms with Crippen molar-refractivity contribution in [1.29, 1.82) is 0 Å². The van der Waals surface area contributed by atoms with Gasteiger partial charge in [-0.15, -0.1) is 24.0 Å². The summed E-state index contributed by atoms with van der Waals surface area (Å²) in [7, 11) is 1.80. The molecule has 1 aliphatic heterocycles. The summed E-state index contributed by atoms with van der Waals surface area (Å²) < 4.78 is 0. The standard InChI is InChI=1S/C20H26ClN5.HI/c1-15-10-18(14-26(15)13-16-6-4-3-5-7-16)25-20(22-2)24-12-17-8-9-19(21)23-11-17;/h3-9,11,15,18H,10,12-14H2,1-2H3,(H2,22,24,25);1H. The van der Waals surface area contributed by atoms with Crippen LogP contribution in [0.1, 0.15) is 24.5 Å².